The van der Waals surface area contributed by atoms with Crippen LogP contribution in [0.4, 0.5) is 0 Å². The van der Waals surface area contributed by atoms with Gasteiger partial charge in [-0.1, -0.05) is 12.1 Å². The van der Waals surface area contributed by atoms with Gasteiger partial charge in [-0.05, 0) is 12.1 Å². The molecule has 2 rings (SSSR count). The minimum absolute atomic E-state index is 0.0445. The van der Waals surface area contributed by atoms with Crippen LogP contribution >= 0.6 is 0 Å². The van der Waals surface area contributed by atoms with Gasteiger partial charge in [0.05, 0.1) is 0 Å². The van der Waals surface area contributed by atoms with Crippen molar-refractivity contribution in [2.24, 2.45) is 0 Å². The van der Waals surface area contributed by atoms with Crippen molar-refractivity contribution < 1.29 is 9.90 Å². The maximum Gasteiger partial charge on any atom is 0.179 e. The molecule has 2 aromatic rings. The molecule has 1 aromatic heterocycles. The predicted octanol–water partition coefficient (Wildman–Crippen LogP) is 2.08. The van der Waals surface area contributed by atoms with E-state index in [0.717, 1.165) is 5.52 Å². The molecule has 0 fully saturated rings. The van der Waals surface area contributed by atoms with Gasteiger partial charge in [-0.25, -0.2) is 0 Å². The van der Waals surface area contributed by atoms with Gasteiger partial charge in [0.25, 0.3) is 0 Å². The number of carbonyl (C=O) groups is 1. The molecule has 66 valence electrons. The number of Topliss-reactive ketones (excluding diaryl/α,β-unsaturated/α-hetero) is 1. The number of nitrogens with one attached hydrogen (secondary N) is 1. The van der Waals surface area contributed by atoms with Gasteiger partial charge in [0.15, 0.2) is 11.5 Å². The molecule has 0 unspecified atom stereocenters. The fourth-order valence-electron chi connectivity index (χ4n) is 1.38. The van der Waals surface area contributed by atoms with Gasteiger partial charge in [0.2, 0.25) is 0 Å². The minimum atomic E-state index is -0.159. The predicted molar refractivity (Wildman–Crippen MR) is 50.0 cm³/mol. The molecule has 0 spiro atoms. The molecule has 1 heterocycles. The summed E-state index contributed by atoms with van der Waals surface area (Å²) in [5.41, 5.74) is 1.06. The van der Waals surface area contributed by atoms with Crippen LogP contribution in [0.15, 0.2) is 24.3 Å². The molecule has 0 bridgehead atoms. The zero-order chi connectivity index (χ0) is 9.42. The average Bonchev–Trinajstić information content (AvgIpc) is 2.45. The number of benzene rings is 1. The van der Waals surface area contributed by atoms with Crippen LogP contribution in [0.3, 0.4) is 0 Å². The largest absolute Gasteiger partial charge is 0.505 e. The van der Waals surface area contributed by atoms with Crippen LogP contribution in [0, 0.1) is 0 Å². The van der Waals surface area contributed by atoms with Gasteiger partial charge in [-0.3, -0.25) is 4.79 Å². The van der Waals surface area contributed by atoms with Gasteiger partial charge >= 0.3 is 0 Å². The molecule has 0 atom stereocenters. The molecule has 2 N–H and O–H groups in total. The maximum atomic E-state index is 11.0. The molecular weight excluding hydrogens is 166 g/mol. The van der Waals surface area contributed by atoms with Gasteiger partial charge in [0.1, 0.15) is 5.69 Å². The van der Waals surface area contributed by atoms with E-state index in [1.165, 1.54) is 6.92 Å². The zero-order valence-electron chi connectivity index (χ0n) is 7.16. The quantitative estimate of drug-likeness (QED) is 0.652. The number of aromatic amines is 1. The minimum Gasteiger partial charge on any atom is -0.505 e. The molecule has 0 saturated carbocycles. The number of carbonyl (C=O) groups excluding carboxylic acids is 1. The van der Waals surface area contributed by atoms with E-state index in [1.54, 1.807) is 6.07 Å². The van der Waals surface area contributed by atoms with Gasteiger partial charge in [-0.2, -0.15) is 0 Å². The van der Waals surface area contributed by atoms with Crippen molar-refractivity contribution in [3.8, 4) is 5.75 Å². The fraction of sp³-hybridized carbons (Fsp3) is 0.100. The summed E-state index contributed by atoms with van der Waals surface area (Å²) in [6.07, 6.45) is 0. The number of hydrogen-bond acceptors (Lipinski definition) is 2. The van der Waals surface area contributed by atoms with Crippen molar-refractivity contribution in [3.05, 3.63) is 30.0 Å². The topological polar surface area (TPSA) is 53.1 Å². The Morgan fingerprint density at radius 1 is 1.38 bits per heavy atom. The van der Waals surface area contributed by atoms with Crippen molar-refractivity contribution in [3.63, 3.8) is 0 Å². The number of fused-ring (bicyclic) bond motifs is 1. The molecule has 0 radical (unpaired) electrons. The van der Waals surface area contributed by atoms with Crippen LogP contribution in [-0.2, 0) is 0 Å². The number of H-pyrrole nitrogens is 1. The summed E-state index contributed by atoms with van der Waals surface area (Å²) in [6, 6.07) is 7.26. The van der Waals surface area contributed by atoms with Gasteiger partial charge < -0.3 is 10.1 Å². The van der Waals surface area contributed by atoms with E-state index < -0.39 is 0 Å². The summed E-state index contributed by atoms with van der Waals surface area (Å²) in [7, 11) is 0. The second kappa shape index (κ2) is 2.62. The van der Waals surface area contributed by atoms with Gasteiger partial charge in [0, 0.05) is 17.8 Å². The number of ketones is 1. The first kappa shape index (κ1) is 7.86. The highest BCUT2D eigenvalue weighted by atomic mass is 16.3. The second-order valence-electron chi connectivity index (χ2n) is 2.95. The maximum absolute atomic E-state index is 11.0. The summed E-state index contributed by atoms with van der Waals surface area (Å²) in [6.45, 7) is 1.42. The van der Waals surface area contributed by atoms with E-state index in [0.29, 0.717) is 5.39 Å². The van der Waals surface area contributed by atoms with Crippen LogP contribution < -0.4 is 0 Å². The third-order valence-corrected chi connectivity index (χ3v) is 2.03. The first-order chi connectivity index (χ1) is 6.20. The number of aromatic hydroxyl groups is 1. The lowest BCUT2D eigenvalue weighted by molar-refractivity contribution is 0.101. The summed E-state index contributed by atoms with van der Waals surface area (Å²) in [4.78, 5) is 13.9. The number of rotatable bonds is 1. The molecule has 0 aliphatic carbocycles. The highest BCUT2D eigenvalue weighted by molar-refractivity contribution is 6.03. The molecule has 3 heteroatoms. The van der Waals surface area contributed by atoms with Gasteiger partial charge in [-0.15, -0.1) is 0 Å². The Bertz CT molecular complexity index is 471. The van der Waals surface area contributed by atoms with E-state index in [2.05, 4.69) is 4.98 Å². The third kappa shape index (κ3) is 1.09. The molecule has 1 aromatic carbocycles. The van der Waals surface area contributed by atoms with Crippen molar-refractivity contribution in [1.29, 1.82) is 0 Å². The normalized spacial score (nSPS) is 10.5. The van der Waals surface area contributed by atoms with Crippen LogP contribution in [0.1, 0.15) is 17.4 Å². The molecule has 3 nitrogen and oxygen atoms in total. The highest BCUT2D eigenvalue weighted by Crippen LogP contribution is 2.28. The van der Waals surface area contributed by atoms with E-state index in [9.17, 15) is 9.90 Å². The van der Waals surface area contributed by atoms with Crippen LogP contribution in [0.5, 0.6) is 5.75 Å². The number of hydrogen-bond donors (Lipinski definition) is 2. The Balaban J connectivity index is 2.81. The Morgan fingerprint density at radius 3 is 2.69 bits per heavy atom. The smallest absolute Gasteiger partial charge is 0.179 e. The van der Waals surface area contributed by atoms with E-state index in [-0.39, 0.29) is 17.2 Å². The Labute approximate surface area is 75.0 Å². The zero-order valence-corrected chi connectivity index (χ0v) is 7.16. The van der Waals surface area contributed by atoms with Crippen molar-refractivity contribution in [2.45, 2.75) is 6.92 Å². The first-order valence-electron chi connectivity index (χ1n) is 4.01. The second-order valence-corrected chi connectivity index (χ2v) is 2.95. The standard InChI is InChI=1S/C10H9NO2/c1-6(12)9-10(13)7-4-2-3-5-8(7)11-9/h2-5,11,13H,1H3. The van der Waals surface area contributed by atoms with Crippen LogP contribution in [0.2, 0.25) is 0 Å². The number of para-hydroxylation sites is 1. The Kier molecular flexibility index (Phi) is 1.59. The Hall–Kier alpha value is -1.77. The molecular formula is C10H9NO2. The van der Waals surface area contributed by atoms with Crippen LogP contribution in [-0.4, -0.2) is 15.9 Å². The third-order valence-electron chi connectivity index (χ3n) is 2.03. The number of aromatic nitrogens is 1. The van der Waals surface area contributed by atoms with E-state index in [1.807, 2.05) is 18.2 Å². The van der Waals surface area contributed by atoms with Crippen molar-refractivity contribution in [2.75, 3.05) is 0 Å². The first-order valence-corrected chi connectivity index (χ1v) is 4.01. The monoisotopic (exact) mass is 175 g/mol. The van der Waals surface area contributed by atoms with Crippen LogP contribution in [0.25, 0.3) is 10.9 Å². The summed E-state index contributed by atoms with van der Waals surface area (Å²) in [5, 5.41) is 10.3. The van der Waals surface area contributed by atoms with E-state index in [4.69, 9.17) is 0 Å². The molecule has 0 saturated heterocycles. The summed E-state index contributed by atoms with van der Waals surface area (Å²) in [5.74, 6) is -0.114. The highest BCUT2D eigenvalue weighted by Gasteiger charge is 2.12. The van der Waals surface area contributed by atoms with Crippen molar-refractivity contribution >= 4 is 16.7 Å². The SMILES string of the molecule is CC(=O)c1[nH]c2ccccc2c1O. The lowest BCUT2D eigenvalue weighted by atomic mass is 10.2. The molecule has 0 amide bonds. The fourth-order valence-corrected chi connectivity index (χ4v) is 1.38. The molecule has 0 aliphatic rings. The molecule has 13 heavy (non-hydrogen) atoms. The molecule has 0 aliphatic heterocycles. The summed E-state index contributed by atoms with van der Waals surface area (Å²) >= 11 is 0. The summed E-state index contributed by atoms with van der Waals surface area (Å²) < 4.78 is 0. The lowest BCUT2D eigenvalue weighted by Gasteiger charge is -1.89. The Morgan fingerprint density at radius 2 is 2.08 bits per heavy atom. The average molecular weight is 175 g/mol. The van der Waals surface area contributed by atoms with Crippen molar-refractivity contribution in [1.82, 2.24) is 4.98 Å². The van der Waals surface area contributed by atoms with E-state index >= 15 is 0 Å². The lowest BCUT2D eigenvalue weighted by Crippen LogP contribution is -1.91.